The minimum absolute atomic E-state index is 0.137. The van der Waals surface area contributed by atoms with Crippen LogP contribution >= 0.6 is 11.6 Å². The maximum atomic E-state index is 11.2. The Labute approximate surface area is 96.4 Å². The second-order valence-corrected chi connectivity index (χ2v) is 3.84. The van der Waals surface area contributed by atoms with Crippen molar-refractivity contribution < 1.29 is 5.11 Å². The molecule has 1 aromatic heterocycles. The van der Waals surface area contributed by atoms with Crippen molar-refractivity contribution in [3.63, 3.8) is 0 Å². The van der Waals surface area contributed by atoms with Gasteiger partial charge in [-0.2, -0.15) is 0 Å². The van der Waals surface area contributed by atoms with E-state index in [1.807, 2.05) is 0 Å². The van der Waals surface area contributed by atoms with Gasteiger partial charge in [0.15, 0.2) is 0 Å². The fraction of sp³-hybridized carbons (Fsp3) is 0.300. The second kappa shape index (κ2) is 4.59. The number of nitrogens with one attached hydrogen (secondary N) is 3. The van der Waals surface area contributed by atoms with Crippen LogP contribution in [0.5, 0.6) is 0 Å². The van der Waals surface area contributed by atoms with Crippen molar-refractivity contribution in [1.29, 1.82) is 0 Å². The number of benzene rings is 1. The van der Waals surface area contributed by atoms with Crippen LogP contribution < -0.4 is 10.9 Å². The molecule has 0 amide bonds. The molecule has 0 spiro atoms. The van der Waals surface area contributed by atoms with E-state index in [1.54, 1.807) is 18.2 Å². The Hall–Kier alpha value is -1.46. The molecule has 5 nitrogen and oxygen atoms in total. The minimum Gasteiger partial charge on any atom is -0.390 e. The molecule has 1 aromatic carbocycles. The van der Waals surface area contributed by atoms with Gasteiger partial charge in [-0.15, -0.1) is 11.6 Å². The third kappa shape index (κ3) is 2.20. The molecule has 86 valence electrons. The first-order valence-electron chi connectivity index (χ1n) is 4.89. The van der Waals surface area contributed by atoms with Crippen molar-refractivity contribution in [2.45, 2.75) is 6.10 Å². The molecule has 1 heterocycles. The molecule has 1 unspecified atom stereocenters. The lowest BCUT2D eigenvalue weighted by Crippen LogP contribution is -2.20. The monoisotopic (exact) mass is 241 g/mol. The summed E-state index contributed by atoms with van der Waals surface area (Å²) in [7, 11) is 0. The van der Waals surface area contributed by atoms with Gasteiger partial charge in [-0.25, -0.2) is 0 Å². The quantitative estimate of drug-likeness (QED) is 0.600. The summed E-state index contributed by atoms with van der Waals surface area (Å²) in [6.07, 6.45) is -0.581. The third-order valence-electron chi connectivity index (χ3n) is 2.29. The van der Waals surface area contributed by atoms with Crippen LogP contribution in [0.2, 0.25) is 0 Å². The molecule has 4 N–H and O–H groups in total. The Morgan fingerprint density at radius 1 is 1.44 bits per heavy atom. The van der Waals surface area contributed by atoms with Crippen molar-refractivity contribution in [2.24, 2.45) is 0 Å². The number of halogens is 1. The molecule has 0 saturated heterocycles. The van der Waals surface area contributed by atoms with Crippen LogP contribution in [0, 0.1) is 0 Å². The van der Waals surface area contributed by atoms with Gasteiger partial charge in [0, 0.05) is 12.2 Å². The van der Waals surface area contributed by atoms with Crippen molar-refractivity contribution >= 4 is 28.2 Å². The van der Waals surface area contributed by atoms with E-state index in [1.165, 1.54) is 0 Å². The van der Waals surface area contributed by atoms with E-state index in [0.717, 1.165) is 11.2 Å². The fourth-order valence-electron chi connectivity index (χ4n) is 1.44. The zero-order valence-corrected chi connectivity index (χ0v) is 9.21. The van der Waals surface area contributed by atoms with E-state index >= 15 is 0 Å². The number of aliphatic hydroxyl groups excluding tert-OH is 1. The summed E-state index contributed by atoms with van der Waals surface area (Å²) < 4.78 is 0. The number of hydrogen-bond acceptors (Lipinski definition) is 3. The molecular formula is C10H12ClN3O2. The van der Waals surface area contributed by atoms with Crippen LogP contribution in [-0.2, 0) is 0 Å². The van der Waals surface area contributed by atoms with Crippen LogP contribution in [0.3, 0.4) is 0 Å². The van der Waals surface area contributed by atoms with E-state index < -0.39 is 6.10 Å². The maximum absolute atomic E-state index is 11.2. The van der Waals surface area contributed by atoms with Crippen LogP contribution in [-0.4, -0.2) is 33.8 Å². The Balaban J connectivity index is 2.17. The minimum atomic E-state index is -0.581. The van der Waals surface area contributed by atoms with Crippen molar-refractivity contribution in [1.82, 2.24) is 10.2 Å². The van der Waals surface area contributed by atoms with Crippen LogP contribution in [0.4, 0.5) is 5.69 Å². The lowest BCUT2D eigenvalue weighted by atomic mass is 10.2. The Kier molecular flexibility index (Phi) is 3.17. The molecule has 0 saturated carbocycles. The SMILES string of the molecule is O=c1[nH][nH]c2cc(NCC(O)CCl)ccc12. The molecule has 16 heavy (non-hydrogen) atoms. The van der Waals surface area contributed by atoms with Crippen LogP contribution in [0.1, 0.15) is 0 Å². The summed E-state index contributed by atoms with van der Waals surface area (Å²) >= 11 is 5.47. The summed E-state index contributed by atoms with van der Waals surface area (Å²) in [5, 5.41) is 18.2. The number of aliphatic hydroxyl groups is 1. The first-order chi connectivity index (χ1) is 7.70. The van der Waals surface area contributed by atoms with Gasteiger partial charge in [0.05, 0.1) is 22.9 Å². The fourth-order valence-corrected chi connectivity index (χ4v) is 1.55. The first-order valence-corrected chi connectivity index (χ1v) is 5.42. The summed E-state index contributed by atoms with van der Waals surface area (Å²) in [5.41, 5.74) is 1.42. The number of rotatable bonds is 4. The van der Waals surface area contributed by atoms with Crippen LogP contribution in [0.15, 0.2) is 23.0 Å². The van der Waals surface area contributed by atoms with Gasteiger partial charge in [-0.05, 0) is 18.2 Å². The standard InChI is InChI=1S/C10H12ClN3O2/c11-4-7(15)5-12-6-1-2-8-9(3-6)13-14-10(8)16/h1-3,7,12,15H,4-5H2,(H2,13,14,16). The number of H-pyrrole nitrogens is 2. The summed E-state index contributed by atoms with van der Waals surface area (Å²) in [5.74, 6) is 0.191. The van der Waals surface area contributed by atoms with Gasteiger partial charge in [0.2, 0.25) is 0 Å². The number of anilines is 1. The van der Waals surface area contributed by atoms with Gasteiger partial charge in [0.25, 0.3) is 5.56 Å². The topological polar surface area (TPSA) is 80.9 Å². The van der Waals surface area contributed by atoms with E-state index in [-0.39, 0.29) is 11.4 Å². The van der Waals surface area contributed by atoms with Gasteiger partial charge in [-0.3, -0.25) is 15.0 Å². The van der Waals surface area contributed by atoms with Crippen LogP contribution in [0.25, 0.3) is 10.9 Å². The van der Waals surface area contributed by atoms with E-state index in [2.05, 4.69) is 15.5 Å². The first kappa shape index (κ1) is 11.0. The number of aromatic nitrogens is 2. The van der Waals surface area contributed by atoms with Gasteiger partial charge in [-0.1, -0.05) is 0 Å². The zero-order valence-electron chi connectivity index (χ0n) is 8.46. The predicted molar refractivity (Wildman–Crippen MR) is 64.1 cm³/mol. The molecule has 0 fully saturated rings. The normalized spacial score (nSPS) is 12.9. The Morgan fingerprint density at radius 3 is 3.00 bits per heavy atom. The average Bonchev–Trinajstić information content (AvgIpc) is 2.67. The van der Waals surface area contributed by atoms with Gasteiger partial charge < -0.3 is 10.4 Å². The number of aromatic amines is 2. The molecule has 0 aliphatic heterocycles. The number of fused-ring (bicyclic) bond motifs is 1. The molecule has 1 atom stereocenters. The Morgan fingerprint density at radius 2 is 2.25 bits per heavy atom. The van der Waals surface area contributed by atoms with E-state index in [4.69, 9.17) is 11.6 Å². The zero-order chi connectivity index (χ0) is 11.5. The molecule has 0 aliphatic carbocycles. The Bertz CT molecular complexity index is 534. The molecule has 0 aliphatic rings. The largest absolute Gasteiger partial charge is 0.390 e. The second-order valence-electron chi connectivity index (χ2n) is 3.53. The summed E-state index contributed by atoms with van der Waals surface area (Å²) in [6, 6.07) is 5.31. The third-order valence-corrected chi connectivity index (χ3v) is 2.65. The molecule has 2 aromatic rings. The van der Waals surface area contributed by atoms with E-state index in [0.29, 0.717) is 11.9 Å². The van der Waals surface area contributed by atoms with E-state index in [9.17, 15) is 9.90 Å². The highest BCUT2D eigenvalue weighted by Gasteiger charge is 2.04. The van der Waals surface area contributed by atoms with Crippen molar-refractivity contribution in [2.75, 3.05) is 17.7 Å². The highest BCUT2D eigenvalue weighted by Crippen LogP contribution is 2.14. The van der Waals surface area contributed by atoms with Crippen molar-refractivity contribution in [3.05, 3.63) is 28.6 Å². The smallest absolute Gasteiger partial charge is 0.271 e. The lowest BCUT2D eigenvalue weighted by Gasteiger charge is -2.09. The number of alkyl halides is 1. The maximum Gasteiger partial charge on any atom is 0.271 e. The molecule has 0 bridgehead atoms. The number of hydrogen-bond donors (Lipinski definition) is 4. The molecule has 2 rings (SSSR count). The molecule has 0 radical (unpaired) electrons. The van der Waals surface area contributed by atoms with Gasteiger partial charge >= 0.3 is 0 Å². The highest BCUT2D eigenvalue weighted by molar-refractivity contribution is 6.18. The molecular weight excluding hydrogens is 230 g/mol. The molecule has 6 heteroatoms. The predicted octanol–water partition coefficient (Wildman–Crippen LogP) is 0.868. The highest BCUT2D eigenvalue weighted by atomic mass is 35.5. The van der Waals surface area contributed by atoms with Gasteiger partial charge in [0.1, 0.15) is 0 Å². The van der Waals surface area contributed by atoms with Crippen molar-refractivity contribution in [3.8, 4) is 0 Å². The summed E-state index contributed by atoms with van der Waals surface area (Å²) in [6.45, 7) is 0.379. The lowest BCUT2D eigenvalue weighted by molar-refractivity contribution is 0.211. The average molecular weight is 242 g/mol. The summed E-state index contributed by atoms with van der Waals surface area (Å²) in [4.78, 5) is 11.2.